The predicted octanol–water partition coefficient (Wildman–Crippen LogP) is 5.13. The molecule has 0 radical (unpaired) electrons. The van der Waals surface area contributed by atoms with E-state index >= 15 is 0 Å². The number of esters is 1. The zero-order valence-electron chi connectivity index (χ0n) is 22.5. The average molecular weight is 685 g/mol. The third kappa shape index (κ3) is 6.13. The van der Waals surface area contributed by atoms with Gasteiger partial charge >= 0.3 is 5.97 Å². The minimum absolute atomic E-state index is 0.170. The molecule has 0 bridgehead atoms. The van der Waals surface area contributed by atoms with Crippen LogP contribution >= 0.6 is 33.9 Å². The van der Waals surface area contributed by atoms with Gasteiger partial charge in [-0.05, 0) is 102 Å². The molecular weight excluding hydrogens is 658 g/mol. The smallest absolute Gasteiger partial charge is 0.338 e. The monoisotopic (exact) mass is 684 g/mol. The Balaban J connectivity index is 1.57. The molecule has 0 saturated carbocycles. The highest BCUT2D eigenvalue weighted by atomic mass is 127. The number of halogens is 2. The zero-order valence-corrected chi connectivity index (χ0v) is 25.5. The largest absolute Gasteiger partial charge is 0.496 e. The average Bonchev–Trinajstić information content (AvgIpc) is 3.26. The second-order valence-electron chi connectivity index (χ2n) is 9.17. The first kappa shape index (κ1) is 28.7. The summed E-state index contributed by atoms with van der Waals surface area (Å²) in [5, 5.41) is 0. The number of carbonyl (C=O) groups is 1. The van der Waals surface area contributed by atoms with Crippen LogP contribution < -0.4 is 24.4 Å². The molecule has 1 atom stereocenters. The third-order valence-corrected chi connectivity index (χ3v) is 8.22. The molecule has 0 fully saturated rings. The van der Waals surface area contributed by atoms with Crippen LogP contribution in [0.25, 0.3) is 6.08 Å². The highest BCUT2D eigenvalue weighted by molar-refractivity contribution is 14.1. The van der Waals surface area contributed by atoms with Gasteiger partial charge in [-0.15, -0.1) is 0 Å². The van der Waals surface area contributed by atoms with E-state index in [0.717, 1.165) is 20.4 Å². The number of thiazole rings is 1. The third-order valence-electron chi connectivity index (χ3n) is 6.51. The maximum Gasteiger partial charge on any atom is 0.338 e. The predicted molar refractivity (Wildman–Crippen MR) is 163 cm³/mol. The molecule has 3 aromatic carbocycles. The Kier molecular flexibility index (Phi) is 8.69. The SMILES string of the molecule is CCOC(=O)C1=C(C)N=c2s/c(=C\c3ccc(OC)c(COc4ccc(I)cc4)c3)c(=O)n2[C@@H]1c1ccc(F)cc1. The molecule has 2 heterocycles. The van der Waals surface area contributed by atoms with Gasteiger partial charge < -0.3 is 14.2 Å². The van der Waals surface area contributed by atoms with Gasteiger partial charge in [0.1, 0.15) is 23.9 Å². The Hall–Kier alpha value is -3.77. The standard InChI is InChI=1S/C31H26FIN2O5S/c1-4-39-30(37)27-18(2)34-31-35(28(27)20-6-8-22(32)9-7-20)29(36)26(41-31)16-19-5-14-25(38-3)21(15-19)17-40-24-12-10-23(33)11-13-24/h5-16,28H,4,17H2,1-3H3/b26-16-/t28-/m1/s1. The van der Waals surface area contributed by atoms with Gasteiger partial charge in [-0.2, -0.15) is 0 Å². The molecule has 0 spiro atoms. The molecule has 41 heavy (non-hydrogen) atoms. The number of hydrogen-bond donors (Lipinski definition) is 0. The van der Waals surface area contributed by atoms with Crippen LogP contribution in [0.3, 0.4) is 0 Å². The van der Waals surface area contributed by atoms with Crippen molar-refractivity contribution in [3.8, 4) is 11.5 Å². The van der Waals surface area contributed by atoms with Crippen LogP contribution in [0.1, 0.15) is 36.6 Å². The lowest BCUT2D eigenvalue weighted by molar-refractivity contribution is -0.139. The summed E-state index contributed by atoms with van der Waals surface area (Å²) >= 11 is 3.46. The fraction of sp³-hybridized carbons (Fsp3) is 0.194. The summed E-state index contributed by atoms with van der Waals surface area (Å²) in [5.41, 5.74) is 2.55. The van der Waals surface area contributed by atoms with E-state index in [-0.39, 0.29) is 24.3 Å². The van der Waals surface area contributed by atoms with E-state index in [1.807, 2.05) is 42.5 Å². The molecule has 0 aliphatic carbocycles. The van der Waals surface area contributed by atoms with Gasteiger partial charge in [-0.1, -0.05) is 29.5 Å². The van der Waals surface area contributed by atoms with Crippen molar-refractivity contribution in [3.63, 3.8) is 0 Å². The number of fused-ring (bicyclic) bond motifs is 1. The number of ether oxygens (including phenoxy) is 3. The number of carbonyl (C=O) groups excluding carboxylic acids is 1. The number of aromatic nitrogens is 1. The molecule has 1 aliphatic rings. The lowest BCUT2D eigenvalue weighted by Gasteiger charge is -2.24. The summed E-state index contributed by atoms with van der Waals surface area (Å²) in [7, 11) is 1.60. The summed E-state index contributed by atoms with van der Waals surface area (Å²) in [6, 6.07) is 18.3. The normalized spacial score (nSPS) is 14.9. The van der Waals surface area contributed by atoms with Crippen molar-refractivity contribution in [2.75, 3.05) is 13.7 Å². The lowest BCUT2D eigenvalue weighted by atomic mass is 9.96. The molecule has 7 nitrogen and oxygen atoms in total. The molecular formula is C31H26FIN2O5S. The van der Waals surface area contributed by atoms with Crippen molar-refractivity contribution in [3.05, 3.63) is 124 Å². The Morgan fingerprint density at radius 2 is 1.85 bits per heavy atom. The summed E-state index contributed by atoms with van der Waals surface area (Å²) in [5.74, 6) is 0.422. The van der Waals surface area contributed by atoms with Crippen LogP contribution in [0.5, 0.6) is 11.5 Å². The molecule has 210 valence electrons. The van der Waals surface area contributed by atoms with Gasteiger partial charge in [-0.25, -0.2) is 14.2 Å². The summed E-state index contributed by atoms with van der Waals surface area (Å²) in [6.45, 7) is 3.87. The van der Waals surface area contributed by atoms with Crippen LogP contribution in [0.2, 0.25) is 0 Å². The van der Waals surface area contributed by atoms with Crippen LogP contribution in [0.15, 0.2) is 87.8 Å². The van der Waals surface area contributed by atoms with Gasteiger partial charge in [0.2, 0.25) is 0 Å². The molecule has 1 aromatic heterocycles. The maximum atomic E-state index is 13.8. The van der Waals surface area contributed by atoms with Crippen molar-refractivity contribution in [2.45, 2.75) is 26.5 Å². The van der Waals surface area contributed by atoms with E-state index < -0.39 is 17.8 Å². The number of allylic oxidation sites excluding steroid dienone is 1. The van der Waals surface area contributed by atoms with Crippen molar-refractivity contribution in [1.82, 2.24) is 4.57 Å². The summed E-state index contributed by atoms with van der Waals surface area (Å²) < 4.78 is 33.6. The maximum absolute atomic E-state index is 13.8. The van der Waals surface area contributed by atoms with E-state index in [1.165, 1.54) is 28.0 Å². The second kappa shape index (κ2) is 12.4. The van der Waals surface area contributed by atoms with E-state index in [1.54, 1.807) is 39.2 Å². The number of hydrogen-bond acceptors (Lipinski definition) is 7. The summed E-state index contributed by atoms with van der Waals surface area (Å²) in [4.78, 5) is 31.9. The van der Waals surface area contributed by atoms with Gasteiger partial charge in [0.25, 0.3) is 5.56 Å². The van der Waals surface area contributed by atoms with Gasteiger partial charge in [-0.3, -0.25) is 9.36 Å². The topological polar surface area (TPSA) is 79.1 Å². The molecule has 10 heteroatoms. The van der Waals surface area contributed by atoms with Crippen LogP contribution in [-0.2, 0) is 16.1 Å². The quantitative estimate of drug-likeness (QED) is 0.190. The first-order chi connectivity index (χ1) is 19.8. The molecule has 0 amide bonds. The first-order valence-corrected chi connectivity index (χ1v) is 14.7. The fourth-order valence-corrected chi connectivity index (χ4v) is 6.00. The van der Waals surface area contributed by atoms with Gasteiger partial charge in [0, 0.05) is 9.13 Å². The second-order valence-corrected chi connectivity index (χ2v) is 11.4. The lowest BCUT2D eigenvalue weighted by Crippen LogP contribution is -2.39. The van der Waals surface area contributed by atoms with Crippen molar-refractivity contribution in [1.29, 1.82) is 0 Å². The van der Waals surface area contributed by atoms with E-state index in [9.17, 15) is 14.0 Å². The summed E-state index contributed by atoms with van der Waals surface area (Å²) in [6.07, 6.45) is 1.78. The molecule has 0 saturated heterocycles. The van der Waals surface area contributed by atoms with Crippen molar-refractivity contribution < 1.29 is 23.4 Å². The van der Waals surface area contributed by atoms with E-state index in [2.05, 4.69) is 27.6 Å². The number of methoxy groups -OCH3 is 1. The van der Waals surface area contributed by atoms with Crippen LogP contribution in [0.4, 0.5) is 4.39 Å². The Bertz CT molecular complexity index is 1810. The number of nitrogens with zero attached hydrogens (tertiary/aromatic N) is 2. The number of benzene rings is 3. The molecule has 4 aromatic rings. The van der Waals surface area contributed by atoms with Crippen molar-refractivity contribution >= 4 is 46.0 Å². The van der Waals surface area contributed by atoms with Crippen LogP contribution in [0, 0.1) is 9.39 Å². The minimum Gasteiger partial charge on any atom is -0.496 e. The minimum atomic E-state index is -0.804. The fourth-order valence-electron chi connectivity index (χ4n) is 4.60. The van der Waals surface area contributed by atoms with Gasteiger partial charge in [0.15, 0.2) is 4.80 Å². The highest BCUT2D eigenvalue weighted by Crippen LogP contribution is 2.31. The zero-order chi connectivity index (χ0) is 29.1. The van der Waals surface area contributed by atoms with Crippen molar-refractivity contribution in [2.24, 2.45) is 4.99 Å². The molecule has 5 rings (SSSR count). The van der Waals surface area contributed by atoms with Gasteiger partial charge in [0.05, 0.1) is 35.6 Å². The van der Waals surface area contributed by atoms with E-state index in [0.29, 0.717) is 26.3 Å². The Morgan fingerprint density at radius 3 is 2.54 bits per heavy atom. The first-order valence-electron chi connectivity index (χ1n) is 12.8. The molecule has 0 unspecified atom stereocenters. The highest BCUT2D eigenvalue weighted by Gasteiger charge is 2.33. The Morgan fingerprint density at radius 1 is 1.12 bits per heavy atom. The van der Waals surface area contributed by atoms with E-state index in [4.69, 9.17) is 14.2 Å². The van der Waals surface area contributed by atoms with Crippen LogP contribution in [-0.4, -0.2) is 24.3 Å². The molecule has 1 aliphatic heterocycles. The Labute approximate surface area is 253 Å². The number of rotatable bonds is 8. The molecule has 0 N–H and O–H groups in total.